The third kappa shape index (κ3) is 3.70. The molecule has 0 aromatic carbocycles. The first-order valence-corrected chi connectivity index (χ1v) is 7.10. The predicted molar refractivity (Wildman–Crippen MR) is 76.0 cm³/mol. The van der Waals surface area contributed by atoms with E-state index < -0.39 is 0 Å². The van der Waals surface area contributed by atoms with E-state index in [1.807, 2.05) is 18.5 Å². The topological polar surface area (TPSA) is 43.0 Å². The maximum absolute atomic E-state index is 5.21. The van der Waals surface area contributed by atoms with Crippen molar-refractivity contribution < 1.29 is 4.42 Å². The van der Waals surface area contributed by atoms with Gasteiger partial charge in [0.2, 0.25) is 0 Å². The zero-order valence-corrected chi connectivity index (χ0v) is 11.8. The Balaban J connectivity index is 2.08. The first-order valence-electron chi connectivity index (χ1n) is 7.10. The van der Waals surface area contributed by atoms with Gasteiger partial charge in [-0.15, -0.1) is 0 Å². The molecule has 0 aliphatic rings. The highest BCUT2D eigenvalue weighted by Gasteiger charge is 2.15. The summed E-state index contributed by atoms with van der Waals surface area (Å²) in [6.07, 6.45) is 10.6. The summed E-state index contributed by atoms with van der Waals surface area (Å²) >= 11 is 0. The largest absolute Gasteiger partial charge is 0.472 e. The van der Waals surface area contributed by atoms with Crippen molar-refractivity contribution in [3.8, 4) is 0 Å². The van der Waals surface area contributed by atoms with E-state index in [9.17, 15) is 0 Å². The molecule has 2 aromatic heterocycles. The van der Waals surface area contributed by atoms with Crippen molar-refractivity contribution in [1.29, 1.82) is 0 Å². The van der Waals surface area contributed by atoms with Gasteiger partial charge in [-0.1, -0.05) is 13.8 Å². The maximum Gasteiger partial charge on any atom is 0.110 e. The number of aryl methyl sites for hydroxylation is 1. The van der Waals surface area contributed by atoms with E-state index in [1.54, 1.807) is 6.26 Å². The zero-order valence-electron chi connectivity index (χ0n) is 11.8. The highest BCUT2D eigenvalue weighted by Crippen LogP contribution is 2.18. The van der Waals surface area contributed by atoms with Gasteiger partial charge in [0.25, 0.3) is 0 Å². The fraction of sp³-hybridized carbons (Fsp3) is 0.533. The molecule has 0 radical (unpaired) electrons. The van der Waals surface area contributed by atoms with Gasteiger partial charge in [0.1, 0.15) is 5.82 Å². The van der Waals surface area contributed by atoms with Crippen molar-refractivity contribution in [3.05, 3.63) is 42.4 Å². The van der Waals surface area contributed by atoms with Gasteiger partial charge in [0.15, 0.2) is 0 Å². The maximum atomic E-state index is 5.21. The van der Waals surface area contributed by atoms with Crippen molar-refractivity contribution in [3.63, 3.8) is 0 Å². The van der Waals surface area contributed by atoms with Gasteiger partial charge in [0, 0.05) is 37.0 Å². The molecule has 0 saturated heterocycles. The number of imidazole rings is 1. The van der Waals surface area contributed by atoms with Crippen LogP contribution in [0, 0.1) is 0 Å². The highest BCUT2D eigenvalue weighted by molar-refractivity contribution is 5.14. The summed E-state index contributed by atoms with van der Waals surface area (Å²) in [6.45, 7) is 6.40. The summed E-state index contributed by atoms with van der Waals surface area (Å²) in [5, 5.41) is 3.57. The molecular formula is C15H23N3O. The van der Waals surface area contributed by atoms with Crippen molar-refractivity contribution in [2.45, 2.75) is 45.7 Å². The molecule has 2 heterocycles. The molecule has 1 unspecified atom stereocenters. The standard InChI is InChI=1S/C15H23N3O/c1-3-6-16-14(13-5-10-19-12-13)11-15-17-7-9-18(15)8-4-2/h5,7,9-10,12,14,16H,3-4,6,8,11H2,1-2H3. The highest BCUT2D eigenvalue weighted by atomic mass is 16.3. The first-order chi connectivity index (χ1) is 9.35. The van der Waals surface area contributed by atoms with Crippen molar-refractivity contribution >= 4 is 0 Å². The minimum absolute atomic E-state index is 0.275. The summed E-state index contributed by atoms with van der Waals surface area (Å²) in [4.78, 5) is 4.48. The van der Waals surface area contributed by atoms with E-state index in [4.69, 9.17) is 4.42 Å². The fourth-order valence-electron chi connectivity index (χ4n) is 2.26. The smallest absolute Gasteiger partial charge is 0.110 e. The second kappa shape index (κ2) is 7.14. The Morgan fingerprint density at radius 3 is 2.95 bits per heavy atom. The van der Waals surface area contributed by atoms with Gasteiger partial charge in [-0.05, 0) is 25.5 Å². The van der Waals surface area contributed by atoms with Gasteiger partial charge < -0.3 is 14.3 Å². The quantitative estimate of drug-likeness (QED) is 0.793. The normalized spacial score (nSPS) is 12.7. The second-order valence-corrected chi connectivity index (χ2v) is 4.80. The lowest BCUT2D eigenvalue weighted by Crippen LogP contribution is -2.25. The lowest BCUT2D eigenvalue weighted by Gasteiger charge is -2.17. The number of nitrogens with zero attached hydrogens (tertiary/aromatic N) is 2. The van der Waals surface area contributed by atoms with Crippen LogP contribution < -0.4 is 5.32 Å². The molecule has 0 aliphatic heterocycles. The molecule has 1 N–H and O–H groups in total. The molecule has 4 nitrogen and oxygen atoms in total. The number of nitrogens with one attached hydrogen (secondary N) is 1. The summed E-state index contributed by atoms with van der Waals surface area (Å²) in [5.41, 5.74) is 1.19. The number of furan rings is 1. The number of aromatic nitrogens is 2. The Bertz CT molecular complexity index is 461. The zero-order chi connectivity index (χ0) is 13.5. The van der Waals surface area contributed by atoms with E-state index >= 15 is 0 Å². The molecular weight excluding hydrogens is 238 g/mol. The van der Waals surface area contributed by atoms with Crippen LogP contribution in [0.2, 0.25) is 0 Å². The summed E-state index contributed by atoms with van der Waals surface area (Å²) < 4.78 is 7.44. The van der Waals surface area contributed by atoms with E-state index in [0.717, 1.165) is 38.2 Å². The fourth-order valence-corrected chi connectivity index (χ4v) is 2.26. The average molecular weight is 261 g/mol. The third-order valence-corrected chi connectivity index (χ3v) is 3.24. The Kier molecular flexibility index (Phi) is 5.21. The molecule has 0 amide bonds. The lowest BCUT2D eigenvalue weighted by atomic mass is 10.1. The van der Waals surface area contributed by atoms with Gasteiger partial charge in [-0.25, -0.2) is 4.98 Å². The molecule has 0 aliphatic carbocycles. The van der Waals surface area contributed by atoms with E-state index in [0.29, 0.717) is 0 Å². The lowest BCUT2D eigenvalue weighted by molar-refractivity contribution is 0.492. The average Bonchev–Trinajstić information content (AvgIpc) is 3.06. The molecule has 19 heavy (non-hydrogen) atoms. The molecule has 0 bridgehead atoms. The summed E-state index contributed by atoms with van der Waals surface area (Å²) in [5.74, 6) is 1.14. The van der Waals surface area contributed by atoms with Crippen LogP contribution in [0.4, 0.5) is 0 Å². The minimum Gasteiger partial charge on any atom is -0.472 e. The van der Waals surface area contributed by atoms with Crippen LogP contribution in [-0.2, 0) is 13.0 Å². The number of rotatable bonds is 8. The Labute approximate surface area is 114 Å². The van der Waals surface area contributed by atoms with Gasteiger partial charge in [-0.3, -0.25) is 0 Å². The molecule has 0 fully saturated rings. The van der Waals surface area contributed by atoms with Crippen LogP contribution in [0.5, 0.6) is 0 Å². The van der Waals surface area contributed by atoms with Gasteiger partial charge >= 0.3 is 0 Å². The van der Waals surface area contributed by atoms with Gasteiger partial charge in [-0.2, -0.15) is 0 Å². The molecule has 104 valence electrons. The Hall–Kier alpha value is -1.55. The van der Waals surface area contributed by atoms with Crippen LogP contribution >= 0.6 is 0 Å². The van der Waals surface area contributed by atoms with Crippen LogP contribution in [0.3, 0.4) is 0 Å². The van der Waals surface area contributed by atoms with E-state index in [2.05, 4.69) is 34.9 Å². The number of hydrogen-bond donors (Lipinski definition) is 1. The minimum atomic E-state index is 0.275. The SMILES string of the molecule is CCCNC(Cc1nccn1CCC)c1ccoc1. The number of hydrogen-bond acceptors (Lipinski definition) is 3. The van der Waals surface area contributed by atoms with Crippen molar-refractivity contribution in [2.24, 2.45) is 0 Å². The molecule has 2 aromatic rings. The van der Waals surface area contributed by atoms with E-state index in [1.165, 1.54) is 5.56 Å². The summed E-state index contributed by atoms with van der Waals surface area (Å²) in [7, 11) is 0. The monoisotopic (exact) mass is 261 g/mol. The molecule has 4 heteroatoms. The van der Waals surface area contributed by atoms with Crippen LogP contribution in [-0.4, -0.2) is 16.1 Å². The molecule has 1 atom stereocenters. The molecule has 0 saturated carbocycles. The third-order valence-electron chi connectivity index (χ3n) is 3.24. The molecule has 0 spiro atoms. The first kappa shape index (κ1) is 13.9. The van der Waals surface area contributed by atoms with E-state index in [-0.39, 0.29) is 6.04 Å². The summed E-state index contributed by atoms with van der Waals surface area (Å²) in [6, 6.07) is 2.30. The predicted octanol–water partition coefficient (Wildman–Crippen LogP) is 3.17. The van der Waals surface area contributed by atoms with Crippen LogP contribution in [0.1, 0.15) is 44.1 Å². The molecule has 2 rings (SSSR count). The van der Waals surface area contributed by atoms with Crippen molar-refractivity contribution in [1.82, 2.24) is 14.9 Å². The van der Waals surface area contributed by atoms with Crippen molar-refractivity contribution in [2.75, 3.05) is 6.54 Å². The van der Waals surface area contributed by atoms with Crippen LogP contribution in [0.15, 0.2) is 35.4 Å². The van der Waals surface area contributed by atoms with Crippen LogP contribution in [0.25, 0.3) is 0 Å². The van der Waals surface area contributed by atoms with Gasteiger partial charge in [0.05, 0.1) is 12.5 Å². The second-order valence-electron chi connectivity index (χ2n) is 4.80. The Morgan fingerprint density at radius 2 is 2.26 bits per heavy atom. The Morgan fingerprint density at radius 1 is 1.37 bits per heavy atom.